The van der Waals surface area contributed by atoms with E-state index in [0.717, 1.165) is 36.8 Å². The normalized spacial score (nSPS) is 18.1. The molecule has 1 fully saturated rings. The lowest BCUT2D eigenvalue weighted by molar-refractivity contribution is -0.128. The molecule has 2 heteroatoms. The third kappa shape index (κ3) is 3.31. The molecule has 0 spiro atoms. The lowest BCUT2D eigenvalue weighted by atomic mass is 9.68. The number of benzene rings is 2. The standard InChI is InChI=1S/C21H25NO/c1-17(18-11-5-2-6-12-18)22-20(23)21(15-9-4-10-16-21)19-13-7-3-8-14-19/h2-3,5-8,11-14,17H,4,9-10,15-16H2,1H3,(H,22,23). The maximum atomic E-state index is 13.2. The lowest BCUT2D eigenvalue weighted by Crippen LogP contribution is -2.46. The Hall–Kier alpha value is -2.09. The number of carbonyl (C=O) groups is 1. The van der Waals surface area contributed by atoms with Crippen LogP contribution in [0.3, 0.4) is 0 Å². The average Bonchev–Trinajstić information content (AvgIpc) is 2.63. The summed E-state index contributed by atoms with van der Waals surface area (Å²) >= 11 is 0. The number of amides is 1. The molecule has 23 heavy (non-hydrogen) atoms. The van der Waals surface area contributed by atoms with Gasteiger partial charge in [-0.3, -0.25) is 4.79 Å². The summed E-state index contributed by atoms with van der Waals surface area (Å²) in [5.41, 5.74) is 1.96. The molecule has 0 saturated heterocycles. The minimum absolute atomic E-state index is 0.0335. The zero-order chi connectivity index (χ0) is 16.1. The van der Waals surface area contributed by atoms with Crippen LogP contribution in [0.4, 0.5) is 0 Å². The molecule has 1 N–H and O–H groups in total. The van der Waals surface area contributed by atoms with E-state index in [9.17, 15) is 4.79 Å². The molecule has 1 atom stereocenters. The Morgan fingerprint density at radius 3 is 2.09 bits per heavy atom. The van der Waals surface area contributed by atoms with Crippen LogP contribution in [0, 0.1) is 0 Å². The maximum absolute atomic E-state index is 13.2. The van der Waals surface area contributed by atoms with E-state index in [0.29, 0.717) is 0 Å². The van der Waals surface area contributed by atoms with Crippen molar-refractivity contribution in [2.45, 2.75) is 50.5 Å². The third-order valence-corrected chi connectivity index (χ3v) is 5.12. The fourth-order valence-corrected chi connectivity index (χ4v) is 3.72. The molecule has 2 aromatic rings. The van der Waals surface area contributed by atoms with Crippen molar-refractivity contribution in [3.63, 3.8) is 0 Å². The first kappa shape index (κ1) is 15.8. The monoisotopic (exact) mass is 307 g/mol. The van der Waals surface area contributed by atoms with E-state index in [-0.39, 0.29) is 17.4 Å². The van der Waals surface area contributed by atoms with E-state index in [1.807, 2.05) is 36.4 Å². The smallest absolute Gasteiger partial charge is 0.231 e. The van der Waals surface area contributed by atoms with Gasteiger partial charge < -0.3 is 5.32 Å². The number of hydrogen-bond acceptors (Lipinski definition) is 1. The second kappa shape index (κ2) is 6.99. The summed E-state index contributed by atoms with van der Waals surface area (Å²) in [5.74, 6) is 0.180. The highest BCUT2D eigenvalue weighted by molar-refractivity contribution is 5.88. The van der Waals surface area contributed by atoms with Gasteiger partial charge in [-0.15, -0.1) is 0 Å². The van der Waals surface area contributed by atoms with Crippen molar-refractivity contribution in [2.24, 2.45) is 0 Å². The maximum Gasteiger partial charge on any atom is 0.231 e. The van der Waals surface area contributed by atoms with Crippen molar-refractivity contribution in [2.75, 3.05) is 0 Å². The van der Waals surface area contributed by atoms with Gasteiger partial charge in [0.1, 0.15) is 0 Å². The van der Waals surface area contributed by atoms with E-state index in [2.05, 4.69) is 36.5 Å². The van der Waals surface area contributed by atoms with Crippen molar-refractivity contribution in [3.05, 3.63) is 71.8 Å². The van der Waals surface area contributed by atoms with Gasteiger partial charge >= 0.3 is 0 Å². The molecule has 1 amide bonds. The van der Waals surface area contributed by atoms with Crippen LogP contribution in [-0.2, 0) is 10.2 Å². The average molecular weight is 307 g/mol. The number of nitrogens with one attached hydrogen (secondary N) is 1. The largest absolute Gasteiger partial charge is 0.349 e. The van der Waals surface area contributed by atoms with E-state index >= 15 is 0 Å². The van der Waals surface area contributed by atoms with Gasteiger partial charge in [0.25, 0.3) is 0 Å². The predicted octanol–water partition coefficient (Wildman–Crippen LogP) is 4.77. The minimum Gasteiger partial charge on any atom is -0.349 e. The number of hydrogen-bond donors (Lipinski definition) is 1. The molecule has 2 aromatic carbocycles. The quantitative estimate of drug-likeness (QED) is 0.866. The van der Waals surface area contributed by atoms with Gasteiger partial charge in [-0.05, 0) is 30.9 Å². The summed E-state index contributed by atoms with van der Waals surface area (Å²) in [6.45, 7) is 2.06. The Labute approximate surface area is 138 Å². The van der Waals surface area contributed by atoms with Gasteiger partial charge in [-0.1, -0.05) is 79.9 Å². The Morgan fingerprint density at radius 2 is 1.48 bits per heavy atom. The Kier molecular flexibility index (Phi) is 4.80. The van der Waals surface area contributed by atoms with Crippen LogP contribution in [0.5, 0.6) is 0 Å². The summed E-state index contributed by atoms with van der Waals surface area (Å²) < 4.78 is 0. The highest BCUT2D eigenvalue weighted by Gasteiger charge is 2.41. The van der Waals surface area contributed by atoms with Crippen LogP contribution < -0.4 is 5.32 Å². The summed E-state index contributed by atoms with van der Waals surface area (Å²) in [6.07, 6.45) is 5.38. The molecule has 0 aromatic heterocycles. The van der Waals surface area contributed by atoms with Crippen LogP contribution in [-0.4, -0.2) is 5.91 Å². The molecule has 0 radical (unpaired) electrons. The second-order valence-corrected chi connectivity index (χ2v) is 6.61. The molecular formula is C21H25NO. The van der Waals surface area contributed by atoms with Crippen molar-refractivity contribution >= 4 is 5.91 Å². The van der Waals surface area contributed by atoms with Crippen molar-refractivity contribution < 1.29 is 4.79 Å². The number of carbonyl (C=O) groups excluding carboxylic acids is 1. The van der Waals surface area contributed by atoms with E-state index < -0.39 is 0 Å². The first-order chi connectivity index (χ1) is 11.2. The van der Waals surface area contributed by atoms with Crippen LogP contribution in [0.1, 0.15) is 56.2 Å². The highest BCUT2D eigenvalue weighted by atomic mass is 16.2. The molecule has 1 saturated carbocycles. The number of rotatable bonds is 4. The molecule has 1 unspecified atom stereocenters. The lowest BCUT2D eigenvalue weighted by Gasteiger charge is -2.37. The van der Waals surface area contributed by atoms with Crippen LogP contribution in [0.2, 0.25) is 0 Å². The van der Waals surface area contributed by atoms with Crippen molar-refractivity contribution in [1.29, 1.82) is 0 Å². The van der Waals surface area contributed by atoms with E-state index in [4.69, 9.17) is 0 Å². The van der Waals surface area contributed by atoms with Gasteiger partial charge in [-0.2, -0.15) is 0 Å². The second-order valence-electron chi connectivity index (χ2n) is 6.61. The Morgan fingerprint density at radius 1 is 0.913 bits per heavy atom. The zero-order valence-electron chi connectivity index (χ0n) is 13.8. The van der Waals surface area contributed by atoms with Crippen LogP contribution in [0.15, 0.2) is 60.7 Å². The summed E-state index contributed by atoms with van der Waals surface area (Å²) in [4.78, 5) is 13.2. The fraction of sp³-hybridized carbons (Fsp3) is 0.381. The van der Waals surface area contributed by atoms with Crippen molar-refractivity contribution in [1.82, 2.24) is 5.32 Å². The SMILES string of the molecule is CC(NC(=O)C1(c2ccccc2)CCCCC1)c1ccccc1. The minimum atomic E-state index is -0.359. The summed E-state index contributed by atoms with van der Waals surface area (Å²) in [6, 6.07) is 20.5. The van der Waals surface area contributed by atoms with Gasteiger partial charge in [0, 0.05) is 0 Å². The Balaban J connectivity index is 1.84. The molecule has 2 nitrogen and oxygen atoms in total. The molecule has 1 aliphatic carbocycles. The Bertz CT molecular complexity index is 629. The first-order valence-electron chi connectivity index (χ1n) is 8.64. The molecule has 120 valence electrons. The fourth-order valence-electron chi connectivity index (χ4n) is 3.72. The molecule has 3 rings (SSSR count). The van der Waals surface area contributed by atoms with Crippen LogP contribution >= 0.6 is 0 Å². The summed E-state index contributed by atoms with van der Waals surface area (Å²) in [5, 5.41) is 3.27. The predicted molar refractivity (Wildman–Crippen MR) is 94.2 cm³/mol. The highest BCUT2D eigenvalue weighted by Crippen LogP contribution is 2.40. The van der Waals surface area contributed by atoms with Gasteiger partial charge in [0.15, 0.2) is 0 Å². The third-order valence-electron chi connectivity index (χ3n) is 5.12. The van der Waals surface area contributed by atoms with E-state index in [1.54, 1.807) is 0 Å². The van der Waals surface area contributed by atoms with Crippen molar-refractivity contribution in [3.8, 4) is 0 Å². The van der Waals surface area contributed by atoms with Gasteiger partial charge in [0.05, 0.1) is 11.5 Å². The molecule has 0 heterocycles. The van der Waals surface area contributed by atoms with Crippen LogP contribution in [0.25, 0.3) is 0 Å². The molecular weight excluding hydrogens is 282 g/mol. The topological polar surface area (TPSA) is 29.1 Å². The molecule has 1 aliphatic rings. The summed E-state index contributed by atoms with van der Waals surface area (Å²) in [7, 11) is 0. The first-order valence-corrected chi connectivity index (χ1v) is 8.64. The molecule has 0 aliphatic heterocycles. The molecule has 0 bridgehead atoms. The zero-order valence-corrected chi connectivity index (χ0v) is 13.8. The van der Waals surface area contributed by atoms with Gasteiger partial charge in [0.2, 0.25) is 5.91 Å². The van der Waals surface area contributed by atoms with E-state index in [1.165, 1.54) is 6.42 Å². The van der Waals surface area contributed by atoms with Gasteiger partial charge in [-0.25, -0.2) is 0 Å².